The fraction of sp³-hybridized carbons (Fsp3) is 0.0667. The number of nitrogens with one attached hydrogen (secondary N) is 2. The molecule has 1 fully saturated rings. The first-order valence-corrected chi connectivity index (χ1v) is 7.46. The Hall–Kier alpha value is -2.18. The second kappa shape index (κ2) is 5.67. The molecule has 1 aliphatic rings. The lowest BCUT2D eigenvalue weighted by Crippen LogP contribution is -2.21. The fourth-order valence-corrected chi connectivity index (χ4v) is 3.12. The number of thiophene rings is 1. The van der Waals surface area contributed by atoms with Crippen molar-refractivity contribution in [3.8, 4) is 16.2 Å². The SMILES string of the molecule is COc1ccc(-c2ccc(C=C3NC(=S)NC3=O)s2)cc1. The monoisotopic (exact) mass is 316 g/mol. The molecule has 2 heterocycles. The van der Waals surface area contributed by atoms with E-state index in [9.17, 15) is 4.79 Å². The summed E-state index contributed by atoms with van der Waals surface area (Å²) in [5.41, 5.74) is 1.59. The molecule has 1 amide bonds. The molecule has 1 saturated heterocycles. The molecular weight excluding hydrogens is 304 g/mol. The van der Waals surface area contributed by atoms with Crippen molar-refractivity contribution in [1.82, 2.24) is 10.6 Å². The Kier molecular flexibility index (Phi) is 3.72. The van der Waals surface area contributed by atoms with Crippen LogP contribution in [0.15, 0.2) is 42.1 Å². The van der Waals surface area contributed by atoms with Crippen LogP contribution < -0.4 is 15.4 Å². The number of carbonyl (C=O) groups excluding carboxylic acids is 1. The zero-order chi connectivity index (χ0) is 14.8. The lowest BCUT2D eigenvalue weighted by molar-refractivity contribution is -0.115. The third kappa shape index (κ3) is 2.96. The van der Waals surface area contributed by atoms with Gasteiger partial charge in [-0.15, -0.1) is 11.3 Å². The van der Waals surface area contributed by atoms with Crippen molar-refractivity contribution in [3.05, 3.63) is 47.0 Å². The van der Waals surface area contributed by atoms with Crippen LogP contribution >= 0.6 is 23.6 Å². The maximum absolute atomic E-state index is 11.6. The second-order valence-corrected chi connectivity index (χ2v) is 5.92. The van der Waals surface area contributed by atoms with E-state index in [0.717, 1.165) is 21.1 Å². The van der Waals surface area contributed by atoms with Crippen LogP contribution in [0.3, 0.4) is 0 Å². The Balaban J connectivity index is 1.84. The van der Waals surface area contributed by atoms with Gasteiger partial charge in [0.1, 0.15) is 11.4 Å². The number of methoxy groups -OCH3 is 1. The van der Waals surface area contributed by atoms with Crippen LogP contribution in [0.5, 0.6) is 5.75 Å². The maximum atomic E-state index is 11.6. The number of benzene rings is 1. The van der Waals surface area contributed by atoms with E-state index in [-0.39, 0.29) is 5.91 Å². The summed E-state index contributed by atoms with van der Waals surface area (Å²) in [6, 6.07) is 11.9. The molecule has 0 unspecified atom stereocenters. The molecular formula is C15H12N2O2S2. The molecule has 0 aliphatic carbocycles. The Bertz CT molecular complexity index is 732. The zero-order valence-corrected chi connectivity index (χ0v) is 12.8. The number of hydrogen-bond acceptors (Lipinski definition) is 4. The van der Waals surface area contributed by atoms with E-state index in [0.29, 0.717) is 10.8 Å². The van der Waals surface area contributed by atoms with Gasteiger partial charge in [-0.05, 0) is 60.3 Å². The Morgan fingerprint density at radius 1 is 1.14 bits per heavy atom. The Labute approximate surface area is 131 Å². The van der Waals surface area contributed by atoms with Crippen LogP contribution in [-0.4, -0.2) is 18.1 Å². The van der Waals surface area contributed by atoms with E-state index >= 15 is 0 Å². The highest BCUT2D eigenvalue weighted by molar-refractivity contribution is 7.80. The minimum Gasteiger partial charge on any atom is -0.497 e. The van der Waals surface area contributed by atoms with Crippen molar-refractivity contribution in [2.45, 2.75) is 0 Å². The van der Waals surface area contributed by atoms with Gasteiger partial charge >= 0.3 is 0 Å². The highest BCUT2D eigenvalue weighted by Gasteiger charge is 2.20. The number of carbonyl (C=O) groups is 1. The molecule has 106 valence electrons. The molecule has 6 heteroatoms. The van der Waals surface area contributed by atoms with Crippen LogP contribution in [0.4, 0.5) is 0 Å². The summed E-state index contributed by atoms with van der Waals surface area (Å²) in [4.78, 5) is 13.7. The first-order valence-electron chi connectivity index (χ1n) is 6.24. The van der Waals surface area contributed by atoms with Gasteiger partial charge in [0.25, 0.3) is 5.91 Å². The first-order chi connectivity index (χ1) is 10.2. The van der Waals surface area contributed by atoms with Crippen LogP contribution in [0.1, 0.15) is 4.88 Å². The molecule has 2 N–H and O–H groups in total. The standard InChI is InChI=1S/C15H12N2O2S2/c1-19-10-4-2-9(3-5-10)13-7-6-11(21-13)8-12-14(18)17-15(20)16-12/h2-8H,1H3,(H2,16,17,18,20). The molecule has 0 bridgehead atoms. The molecule has 0 saturated carbocycles. The van der Waals surface area contributed by atoms with Crippen LogP contribution in [0.25, 0.3) is 16.5 Å². The second-order valence-electron chi connectivity index (χ2n) is 4.40. The molecule has 1 aromatic heterocycles. The van der Waals surface area contributed by atoms with Gasteiger partial charge in [0.15, 0.2) is 5.11 Å². The number of hydrogen-bond donors (Lipinski definition) is 2. The zero-order valence-electron chi connectivity index (χ0n) is 11.2. The first kappa shape index (κ1) is 13.8. The minimum absolute atomic E-state index is 0.195. The van der Waals surface area contributed by atoms with Crippen molar-refractivity contribution < 1.29 is 9.53 Å². The van der Waals surface area contributed by atoms with Crippen molar-refractivity contribution in [2.24, 2.45) is 0 Å². The summed E-state index contributed by atoms with van der Waals surface area (Å²) in [6.07, 6.45) is 1.80. The molecule has 1 aromatic carbocycles. The summed E-state index contributed by atoms with van der Waals surface area (Å²) in [5, 5.41) is 5.73. The van der Waals surface area contributed by atoms with Gasteiger partial charge in [0, 0.05) is 9.75 Å². The van der Waals surface area contributed by atoms with Gasteiger partial charge in [0.2, 0.25) is 0 Å². The van der Waals surface area contributed by atoms with E-state index in [2.05, 4.69) is 10.6 Å². The van der Waals surface area contributed by atoms with Gasteiger partial charge in [-0.2, -0.15) is 0 Å². The Morgan fingerprint density at radius 3 is 2.52 bits per heavy atom. The number of amides is 1. The van der Waals surface area contributed by atoms with Crippen LogP contribution in [-0.2, 0) is 4.79 Å². The third-order valence-corrected chi connectivity index (χ3v) is 4.29. The van der Waals surface area contributed by atoms with Crippen molar-refractivity contribution >= 4 is 40.7 Å². The predicted molar refractivity (Wildman–Crippen MR) is 88.2 cm³/mol. The molecule has 1 aliphatic heterocycles. The average molecular weight is 316 g/mol. The smallest absolute Gasteiger partial charge is 0.273 e. The summed E-state index contributed by atoms with van der Waals surface area (Å²) in [7, 11) is 1.65. The largest absolute Gasteiger partial charge is 0.497 e. The van der Waals surface area contributed by atoms with Gasteiger partial charge in [0.05, 0.1) is 7.11 Å². The van der Waals surface area contributed by atoms with E-state index in [1.807, 2.05) is 36.4 Å². The summed E-state index contributed by atoms with van der Waals surface area (Å²) >= 11 is 6.51. The van der Waals surface area contributed by atoms with Gasteiger partial charge < -0.3 is 10.1 Å². The maximum Gasteiger partial charge on any atom is 0.273 e. The van der Waals surface area contributed by atoms with E-state index in [1.165, 1.54) is 0 Å². The Morgan fingerprint density at radius 2 is 1.90 bits per heavy atom. The van der Waals surface area contributed by atoms with E-state index in [4.69, 9.17) is 17.0 Å². The lowest BCUT2D eigenvalue weighted by Gasteiger charge is -2.00. The summed E-state index contributed by atoms with van der Waals surface area (Å²) in [6.45, 7) is 0. The molecule has 0 spiro atoms. The van der Waals surface area contributed by atoms with E-state index < -0.39 is 0 Å². The molecule has 4 nitrogen and oxygen atoms in total. The van der Waals surface area contributed by atoms with Crippen LogP contribution in [0.2, 0.25) is 0 Å². The average Bonchev–Trinajstić information content (AvgIpc) is 3.07. The number of thiocarbonyl (C=S) groups is 1. The minimum atomic E-state index is -0.195. The molecule has 0 radical (unpaired) electrons. The predicted octanol–water partition coefficient (Wildman–Crippen LogP) is 2.77. The highest BCUT2D eigenvalue weighted by Crippen LogP contribution is 2.30. The van der Waals surface area contributed by atoms with Crippen molar-refractivity contribution in [2.75, 3.05) is 7.11 Å². The number of ether oxygens (including phenoxy) is 1. The van der Waals surface area contributed by atoms with Crippen molar-refractivity contribution in [1.29, 1.82) is 0 Å². The third-order valence-electron chi connectivity index (χ3n) is 3.01. The molecule has 21 heavy (non-hydrogen) atoms. The summed E-state index contributed by atoms with van der Waals surface area (Å²) in [5.74, 6) is 0.636. The normalized spacial score (nSPS) is 16.0. The number of rotatable bonds is 3. The molecule has 0 atom stereocenters. The van der Waals surface area contributed by atoms with Gasteiger partial charge in [-0.3, -0.25) is 10.1 Å². The van der Waals surface area contributed by atoms with Gasteiger partial charge in [-0.1, -0.05) is 0 Å². The van der Waals surface area contributed by atoms with Crippen molar-refractivity contribution in [3.63, 3.8) is 0 Å². The molecule has 3 rings (SSSR count). The van der Waals surface area contributed by atoms with Crippen LogP contribution in [0, 0.1) is 0 Å². The summed E-state index contributed by atoms with van der Waals surface area (Å²) < 4.78 is 5.15. The molecule has 2 aromatic rings. The highest BCUT2D eigenvalue weighted by atomic mass is 32.1. The quantitative estimate of drug-likeness (QED) is 0.675. The van der Waals surface area contributed by atoms with E-state index in [1.54, 1.807) is 24.5 Å². The fourth-order valence-electron chi connectivity index (χ4n) is 1.97. The lowest BCUT2D eigenvalue weighted by atomic mass is 10.2. The topological polar surface area (TPSA) is 50.4 Å². The van der Waals surface area contributed by atoms with Gasteiger partial charge in [-0.25, -0.2) is 0 Å².